The molecule has 0 radical (unpaired) electrons. The van der Waals surface area contributed by atoms with Gasteiger partial charge in [-0.25, -0.2) is 13.9 Å². The van der Waals surface area contributed by atoms with Crippen molar-refractivity contribution in [3.8, 4) is 5.69 Å². The van der Waals surface area contributed by atoms with Crippen LogP contribution in [0.5, 0.6) is 0 Å². The maximum Gasteiger partial charge on any atom is 0.333 e. The summed E-state index contributed by atoms with van der Waals surface area (Å²) in [6.45, 7) is 5.41. The van der Waals surface area contributed by atoms with E-state index in [2.05, 4.69) is 10.4 Å². The molecule has 1 amide bonds. The largest absolute Gasteiger partial charge is 0.464 e. The van der Waals surface area contributed by atoms with Crippen molar-refractivity contribution in [2.24, 2.45) is 0 Å². The molecule has 0 bridgehead atoms. The molecule has 2 aromatic carbocycles. The van der Waals surface area contributed by atoms with Crippen molar-refractivity contribution in [1.29, 1.82) is 0 Å². The summed E-state index contributed by atoms with van der Waals surface area (Å²) in [4.78, 5) is 25.4. The second-order valence-electron chi connectivity index (χ2n) is 7.03. The van der Waals surface area contributed by atoms with Crippen molar-refractivity contribution >= 4 is 23.5 Å². The number of amides is 1. The van der Waals surface area contributed by atoms with Crippen molar-refractivity contribution in [3.63, 3.8) is 0 Å². The number of carbonyl (C=O) groups excluding carboxylic acids is 2. The molecule has 0 spiro atoms. The fraction of sp³-hybridized carbons (Fsp3) is 0.261. The summed E-state index contributed by atoms with van der Waals surface area (Å²) in [7, 11) is 0. The Morgan fingerprint density at radius 3 is 2.39 bits per heavy atom. The fourth-order valence-electron chi connectivity index (χ4n) is 3.38. The number of esters is 1. The molecule has 0 fully saturated rings. The summed E-state index contributed by atoms with van der Waals surface area (Å²) in [6, 6.07) is 11.8. The molecule has 3 aromatic rings. The van der Waals surface area contributed by atoms with Crippen LogP contribution in [0.3, 0.4) is 0 Å². The Labute approximate surface area is 185 Å². The van der Waals surface area contributed by atoms with E-state index in [4.69, 9.17) is 16.3 Å². The number of aromatic nitrogens is 2. The highest BCUT2D eigenvalue weighted by Crippen LogP contribution is 2.26. The zero-order chi connectivity index (χ0) is 22.5. The molecule has 0 aliphatic heterocycles. The Bertz CT molecular complexity index is 1080. The molecule has 1 aromatic heterocycles. The van der Waals surface area contributed by atoms with Gasteiger partial charge >= 0.3 is 5.97 Å². The second kappa shape index (κ2) is 9.75. The Hall–Kier alpha value is -3.19. The molecule has 3 rings (SSSR count). The molecule has 0 saturated heterocycles. The second-order valence-corrected chi connectivity index (χ2v) is 7.46. The lowest BCUT2D eigenvalue weighted by molar-refractivity contribution is -0.147. The number of nitrogens with zero attached hydrogens (tertiary/aromatic N) is 2. The van der Waals surface area contributed by atoms with Gasteiger partial charge in [-0.3, -0.25) is 4.79 Å². The van der Waals surface area contributed by atoms with Crippen LogP contribution in [0.2, 0.25) is 5.02 Å². The lowest BCUT2D eigenvalue weighted by Crippen LogP contribution is -2.36. The highest BCUT2D eigenvalue weighted by atomic mass is 35.5. The Morgan fingerprint density at radius 2 is 1.77 bits per heavy atom. The third-order valence-corrected chi connectivity index (χ3v) is 5.06. The lowest BCUT2D eigenvalue weighted by Gasteiger charge is -2.18. The maximum absolute atomic E-state index is 13.3. The number of carbonyl (C=O) groups is 2. The molecule has 0 saturated carbocycles. The Morgan fingerprint density at radius 1 is 1.13 bits per heavy atom. The molecular formula is C23H23ClFN3O3. The molecular weight excluding hydrogens is 421 g/mol. The van der Waals surface area contributed by atoms with Crippen LogP contribution in [0.4, 0.5) is 4.39 Å². The molecule has 162 valence electrons. The minimum atomic E-state index is -1.02. The van der Waals surface area contributed by atoms with Gasteiger partial charge in [0.05, 0.1) is 24.4 Å². The van der Waals surface area contributed by atoms with E-state index in [1.165, 1.54) is 12.1 Å². The van der Waals surface area contributed by atoms with Crippen LogP contribution in [-0.2, 0) is 20.7 Å². The minimum absolute atomic E-state index is 0.0806. The van der Waals surface area contributed by atoms with E-state index in [0.717, 1.165) is 5.56 Å². The molecule has 1 heterocycles. The van der Waals surface area contributed by atoms with E-state index in [0.29, 0.717) is 27.7 Å². The van der Waals surface area contributed by atoms with Crippen molar-refractivity contribution < 1.29 is 18.7 Å². The van der Waals surface area contributed by atoms with Gasteiger partial charge in [0.25, 0.3) is 0 Å². The number of nitrogens with one attached hydrogen (secondary N) is 1. The monoisotopic (exact) mass is 443 g/mol. The van der Waals surface area contributed by atoms with Gasteiger partial charge < -0.3 is 10.1 Å². The zero-order valence-corrected chi connectivity index (χ0v) is 18.2. The normalized spacial score (nSPS) is 11.8. The quantitative estimate of drug-likeness (QED) is 0.554. The topological polar surface area (TPSA) is 73.2 Å². The van der Waals surface area contributed by atoms with Gasteiger partial charge in [-0.2, -0.15) is 5.10 Å². The van der Waals surface area contributed by atoms with Gasteiger partial charge in [-0.15, -0.1) is 0 Å². The average Bonchev–Trinajstić information content (AvgIpc) is 3.02. The van der Waals surface area contributed by atoms with Gasteiger partial charge in [0.15, 0.2) is 6.04 Å². The molecule has 0 unspecified atom stereocenters. The number of hydrogen-bond donors (Lipinski definition) is 1. The molecule has 6 nitrogen and oxygen atoms in total. The maximum atomic E-state index is 13.3. The number of rotatable bonds is 7. The third-order valence-electron chi connectivity index (χ3n) is 4.81. The van der Waals surface area contributed by atoms with Gasteiger partial charge in [0, 0.05) is 16.3 Å². The van der Waals surface area contributed by atoms with Crippen LogP contribution in [0.25, 0.3) is 5.69 Å². The summed E-state index contributed by atoms with van der Waals surface area (Å²) in [5.41, 5.74) is 3.16. The van der Waals surface area contributed by atoms with Crippen molar-refractivity contribution in [3.05, 3.63) is 81.9 Å². The predicted octanol–water partition coefficient (Wildman–Crippen LogP) is 4.24. The van der Waals surface area contributed by atoms with Crippen molar-refractivity contribution in [2.45, 2.75) is 33.2 Å². The van der Waals surface area contributed by atoms with E-state index >= 15 is 0 Å². The van der Waals surface area contributed by atoms with Crippen LogP contribution in [0.1, 0.15) is 35.5 Å². The average molecular weight is 444 g/mol. The first-order valence-corrected chi connectivity index (χ1v) is 10.2. The van der Waals surface area contributed by atoms with Crippen molar-refractivity contribution in [2.75, 3.05) is 6.61 Å². The minimum Gasteiger partial charge on any atom is -0.464 e. The first-order valence-electron chi connectivity index (χ1n) is 9.82. The highest BCUT2D eigenvalue weighted by Gasteiger charge is 2.30. The number of benzene rings is 2. The number of halogens is 2. The van der Waals surface area contributed by atoms with Gasteiger partial charge in [0.1, 0.15) is 5.82 Å². The van der Waals surface area contributed by atoms with E-state index in [9.17, 15) is 14.0 Å². The van der Waals surface area contributed by atoms with E-state index in [1.807, 2.05) is 0 Å². The molecule has 0 aliphatic rings. The molecule has 8 heteroatoms. The van der Waals surface area contributed by atoms with Gasteiger partial charge in [0.2, 0.25) is 5.91 Å². The Balaban J connectivity index is 1.91. The van der Waals surface area contributed by atoms with E-state index < -0.39 is 12.0 Å². The van der Waals surface area contributed by atoms with E-state index in [1.54, 1.807) is 61.9 Å². The van der Waals surface area contributed by atoms with Crippen LogP contribution < -0.4 is 5.32 Å². The summed E-state index contributed by atoms with van der Waals surface area (Å²) in [5, 5.41) is 7.85. The molecule has 1 atom stereocenters. The number of hydrogen-bond acceptors (Lipinski definition) is 4. The smallest absolute Gasteiger partial charge is 0.333 e. The van der Waals surface area contributed by atoms with Crippen LogP contribution in [0.15, 0.2) is 48.5 Å². The third kappa shape index (κ3) is 5.30. The van der Waals surface area contributed by atoms with Gasteiger partial charge in [-0.05, 0) is 62.7 Å². The van der Waals surface area contributed by atoms with Crippen molar-refractivity contribution in [1.82, 2.24) is 15.1 Å². The predicted molar refractivity (Wildman–Crippen MR) is 116 cm³/mol. The van der Waals surface area contributed by atoms with E-state index in [-0.39, 0.29) is 24.8 Å². The van der Waals surface area contributed by atoms with Crippen LogP contribution in [-0.4, -0.2) is 28.3 Å². The molecule has 0 aliphatic carbocycles. The summed E-state index contributed by atoms with van der Waals surface area (Å²) < 4.78 is 20.1. The fourth-order valence-corrected chi connectivity index (χ4v) is 3.51. The highest BCUT2D eigenvalue weighted by molar-refractivity contribution is 6.30. The molecule has 1 N–H and O–H groups in total. The first-order chi connectivity index (χ1) is 14.8. The summed E-state index contributed by atoms with van der Waals surface area (Å²) in [6.07, 6.45) is 0.0806. The van der Waals surface area contributed by atoms with Crippen LogP contribution in [0, 0.1) is 19.7 Å². The van der Waals surface area contributed by atoms with Gasteiger partial charge in [-0.1, -0.05) is 23.7 Å². The SMILES string of the molecule is CCOC(=O)[C@@H](NC(=O)Cc1ccc(Cl)cc1)c1c(C)nn(-c2ccc(F)cc2)c1C. The number of ether oxygens (including phenoxy) is 1. The Kier molecular flexibility index (Phi) is 7.07. The lowest BCUT2D eigenvalue weighted by atomic mass is 10.0. The zero-order valence-electron chi connectivity index (χ0n) is 17.5. The molecule has 31 heavy (non-hydrogen) atoms. The first kappa shape index (κ1) is 22.5. The standard InChI is InChI=1S/C23H23ClFN3O3/c1-4-31-23(30)22(26-20(29)13-16-5-7-17(24)8-6-16)21-14(2)27-28(15(21)3)19-11-9-18(25)10-12-19/h5-12,22H,4,13H2,1-3H3,(H,26,29)/t22-/m0/s1. The summed E-state index contributed by atoms with van der Waals surface area (Å²) in [5.74, 6) is -1.27. The number of aryl methyl sites for hydroxylation is 1. The van der Waals surface area contributed by atoms with Crippen LogP contribution >= 0.6 is 11.6 Å². The summed E-state index contributed by atoms with van der Waals surface area (Å²) >= 11 is 5.89.